The number of unbranched alkanes of at least 4 members (excludes halogenated alkanes) is 7. The van der Waals surface area contributed by atoms with Gasteiger partial charge in [0.05, 0.1) is 13.2 Å². The van der Waals surface area contributed by atoms with Crippen LogP contribution in [0, 0.1) is 0 Å². The van der Waals surface area contributed by atoms with Crippen molar-refractivity contribution in [1.82, 2.24) is 5.32 Å². The number of hydrogen-bond donors (Lipinski definition) is 1. The van der Waals surface area contributed by atoms with E-state index >= 15 is 0 Å². The maximum atomic E-state index is 12.5. The Hall–Kier alpha value is -1.26. The van der Waals surface area contributed by atoms with Crippen LogP contribution in [0.4, 0.5) is 4.79 Å². The van der Waals surface area contributed by atoms with E-state index in [0.29, 0.717) is 26.1 Å². The molecule has 1 fully saturated rings. The lowest BCUT2D eigenvalue weighted by atomic mass is 9.98. The third kappa shape index (κ3) is 8.59. The molecule has 25 heavy (non-hydrogen) atoms. The maximum absolute atomic E-state index is 12.5. The van der Waals surface area contributed by atoms with E-state index in [9.17, 15) is 9.59 Å². The SMILES string of the molecule is CCCCCCCCCCOC(=O)C1(NC(=O)OCCC)CCCC1. The van der Waals surface area contributed by atoms with E-state index in [2.05, 4.69) is 12.2 Å². The maximum Gasteiger partial charge on any atom is 0.408 e. The summed E-state index contributed by atoms with van der Waals surface area (Å²) in [5.41, 5.74) is -0.870. The van der Waals surface area contributed by atoms with E-state index in [0.717, 1.165) is 32.1 Å². The van der Waals surface area contributed by atoms with Gasteiger partial charge < -0.3 is 14.8 Å². The summed E-state index contributed by atoms with van der Waals surface area (Å²) in [7, 11) is 0. The number of hydrogen-bond acceptors (Lipinski definition) is 4. The van der Waals surface area contributed by atoms with Crippen LogP contribution in [0.3, 0.4) is 0 Å². The van der Waals surface area contributed by atoms with Crippen molar-refractivity contribution >= 4 is 12.1 Å². The van der Waals surface area contributed by atoms with Gasteiger partial charge in [-0.15, -0.1) is 0 Å². The molecular weight excluding hydrogens is 318 g/mol. The van der Waals surface area contributed by atoms with Crippen LogP contribution in [0.25, 0.3) is 0 Å². The minimum absolute atomic E-state index is 0.290. The van der Waals surface area contributed by atoms with Crippen molar-refractivity contribution < 1.29 is 19.1 Å². The average molecular weight is 356 g/mol. The summed E-state index contributed by atoms with van der Waals surface area (Å²) < 4.78 is 10.5. The standard InChI is InChI=1S/C20H37NO4/c1-3-5-6-7-8-9-10-13-17-24-18(22)20(14-11-12-15-20)21-19(23)25-16-4-2/h3-17H2,1-2H3,(H,21,23). The second-order valence-electron chi connectivity index (χ2n) is 7.16. The summed E-state index contributed by atoms with van der Waals surface area (Å²) in [6, 6.07) is 0. The smallest absolute Gasteiger partial charge is 0.408 e. The highest BCUT2D eigenvalue weighted by Crippen LogP contribution is 2.31. The first-order chi connectivity index (χ1) is 12.1. The largest absolute Gasteiger partial charge is 0.464 e. The van der Waals surface area contributed by atoms with E-state index in [1.165, 1.54) is 38.5 Å². The van der Waals surface area contributed by atoms with Gasteiger partial charge in [-0.05, 0) is 25.7 Å². The quantitative estimate of drug-likeness (QED) is 0.368. The van der Waals surface area contributed by atoms with Gasteiger partial charge in [-0.3, -0.25) is 0 Å². The number of ether oxygens (including phenoxy) is 2. The van der Waals surface area contributed by atoms with Crippen LogP contribution >= 0.6 is 0 Å². The number of esters is 1. The molecule has 146 valence electrons. The molecule has 0 unspecified atom stereocenters. The molecule has 5 heteroatoms. The number of rotatable bonds is 13. The zero-order valence-electron chi connectivity index (χ0n) is 16.2. The average Bonchev–Trinajstić information content (AvgIpc) is 3.08. The predicted octanol–water partition coefficient (Wildman–Crippen LogP) is 5.12. The van der Waals surface area contributed by atoms with Gasteiger partial charge in [-0.1, -0.05) is 71.6 Å². The van der Waals surface area contributed by atoms with Gasteiger partial charge in [-0.25, -0.2) is 9.59 Å². The Balaban J connectivity index is 2.22. The Morgan fingerprint density at radius 1 is 0.800 bits per heavy atom. The number of amides is 1. The van der Waals surface area contributed by atoms with Gasteiger partial charge in [0.15, 0.2) is 0 Å². The molecule has 1 amide bonds. The second kappa shape index (κ2) is 13.0. The number of carbonyl (C=O) groups is 2. The molecule has 0 bridgehead atoms. The fourth-order valence-corrected chi connectivity index (χ4v) is 3.32. The van der Waals surface area contributed by atoms with Crippen molar-refractivity contribution in [1.29, 1.82) is 0 Å². The van der Waals surface area contributed by atoms with Crippen LogP contribution in [-0.2, 0) is 14.3 Å². The van der Waals surface area contributed by atoms with E-state index < -0.39 is 11.6 Å². The van der Waals surface area contributed by atoms with Crippen molar-refractivity contribution in [2.75, 3.05) is 13.2 Å². The first-order valence-electron chi connectivity index (χ1n) is 10.3. The number of carbonyl (C=O) groups excluding carboxylic acids is 2. The van der Waals surface area contributed by atoms with Gasteiger partial charge in [0.2, 0.25) is 0 Å². The summed E-state index contributed by atoms with van der Waals surface area (Å²) in [5, 5.41) is 2.77. The lowest BCUT2D eigenvalue weighted by molar-refractivity contribution is -0.151. The third-order valence-corrected chi connectivity index (χ3v) is 4.86. The highest BCUT2D eigenvalue weighted by atomic mass is 16.6. The van der Waals surface area contributed by atoms with Crippen molar-refractivity contribution in [3.8, 4) is 0 Å². The summed E-state index contributed by atoms with van der Waals surface area (Å²) >= 11 is 0. The Kier molecular flexibility index (Phi) is 11.3. The molecule has 0 radical (unpaired) electrons. The molecule has 1 N–H and O–H groups in total. The van der Waals surface area contributed by atoms with Gasteiger partial charge >= 0.3 is 12.1 Å². The first-order valence-corrected chi connectivity index (χ1v) is 10.3. The van der Waals surface area contributed by atoms with Gasteiger partial charge in [0, 0.05) is 0 Å². The molecule has 1 aliphatic carbocycles. The molecule has 0 atom stereocenters. The normalized spacial score (nSPS) is 15.8. The molecule has 1 saturated carbocycles. The van der Waals surface area contributed by atoms with Gasteiger partial charge in [0.1, 0.15) is 5.54 Å². The monoisotopic (exact) mass is 355 g/mol. The van der Waals surface area contributed by atoms with Gasteiger partial charge in [-0.2, -0.15) is 0 Å². The minimum Gasteiger partial charge on any atom is -0.464 e. The zero-order chi connectivity index (χ0) is 18.4. The Morgan fingerprint density at radius 3 is 2.00 bits per heavy atom. The second-order valence-corrected chi connectivity index (χ2v) is 7.16. The Morgan fingerprint density at radius 2 is 1.40 bits per heavy atom. The van der Waals surface area contributed by atoms with E-state index in [1.54, 1.807) is 0 Å². The fraction of sp³-hybridized carbons (Fsp3) is 0.900. The summed E-state index contributed by atoms with van der Waals surface area (Å²) in [6.45, 7) is 4.98. The number of alkyl carbamates (subject to hydrolysis) is 1. The fourth-order valence-electron chi connectivity index (χ4n) is 3.32. The van der Waals surface area contributed by atoms with Crippen molar-refractivity contribution in [3.05, 3.63) is 0 Å². The molecule has 0 aliphatic heterocycles. The first kappa shape index (κ1) is 21.8. The van der Waals surface area contributed by atoms with Crippen LogP contribution in [0.2, 0.25) is 0 Å². The molecule has 5 nitrogen and oxygen atoms in total. The van der Waals surface area contributed by atoms with Gasteiger partial charge in [0.25, 0.3) is 0 Å². The molecule has 0 aromatic carbocycles. The highest BCUT2D eigenvalue weighted by Gasteiger charge is 2.44. The van der Waals surface area contributed by atoms with Crippen LogP contribution in [0.5, 0.6) is 0 Å². The number of nitrogens with one attached hydrogen (secondary N) is 1. The van der Waals surface area contributed by atoms with Crippen LogP contribution in [0.15, 0.2) is 0 Å². The van der Waals surface area contributed by atoms with Crippen LogP contribution in [0.1, 0.15) is 97.3 Å². The van der Waals surface area contributed by atoms with E-state index in [4.69, 9.17) is 9.47 Å². The zero-order valence-corrected chi connectivity index (χ0v) is 16.2. The minimum atomic E-state index is -0.870. The van der Waals surface area contributed by atoms with Crippen LogP contribution < -0.4 is 5.32 Å². The molecular formula is C20H37NO4. The molecule has 1 aliphatic rings. The van der Waals surface area contributed by atoms with Crippen molar-refractivity contribution in [3.63, 3.8) is 0 Å². The summed E-state index contributed by atoms with van der Waals surface area (Å²) in [5.74, 6) is -0.290. The molecule has 0 spiro atoms. The predicted molar refractivity (Wildman–Crippen MR) is 99.5 cm³/mol. The summed E-state index contributed by atoms with van der Waals surface area (Å²) in [6.07, 6.45) is 13.1. The molecule has 0 aromatic heterocycles. The Bertz CT molecular complexity index is 378. The molecule has 0 saturated heterocycles. The lowest BCUT2D eigenvalue weighted by Gasteiger charge is -2.27. The van der Waals surface area contributed by atoms with Crippen LogP contribution in [-0.4, -0.2) is 30.8 Å². The van der Waals surface area contributed by atoms with Crippen molar-refractivity contribution in [2.45, 2.75) is 103 Å². The molecule has 0 heterocycles. The molecule has 0 aromatic rings. The highest BCUT2D eigenvalue weighted by molar-refractivity contribution is 5.86. The topological polar surface area (TPSA) is 64.6 Å². The summed E-state index contributed by atoms with van der Waals surface area (Å²) in [4.78, 5) is 24.3. The Labute approximate surface area is 153 Å². The lowest BCUT2D eigenvalue weighted by Crippen LogP contribution is -2.53. The molecule has 1 rings (SSSR count). The van der Waals surface area contributed by atoms with Crippen molar-refractivity contribution in [2.24, 2.45) is 0 Å². The third-order valence-electron chi connectivity index (χ3n) is 4.86. The van der Waals surface area contributed by atoms with E-state index in [-0.39, 0.29) is 5.97 Å². The van der Waals surface area contributed by atoms with E-state index in [1.807, 2.05) is 6.92 Å².